The molecule has 3 rings (SSSR count). The van der Waals surface area contributed by atoms with Crippen LogP contribution in [0.5, 0.6) is 5.88 Å². The second-order valence-electron chi connectivity index (χ2n) is 5.35. The van der Waals surface area contributed by atoms with Gasteiger partial charge in [-0.05, 0) is 24.5 Å². The van der Waals surface area contributed by atoms with Gasteiger partial charge >= 0.3 is 6.18 Å². The zero-order chi connectivity index (χ0) is 17.3. The average Bonchev–Trinajstić information content (AvgIpc) is 3.15. The lowest BCUT2D eigenvalue weighted by molar-refractivity contribution is -0.137. The van der Waals surface area contributed by atoms with Crippen LogP contribution in [-0.2, 0) is 6.18 Å². The van der Waals surface area contributed by atoms with E-state index in [9.17, 15) is 18.0 Å². The van der Waals surface area contributed by atoms with Gasteiger partial charge in [-0.3, -0.25) is 4.79 Å². The highest BCUT2D eigenvalue weighted by Gasteiger charge is 2.33. The summed E-state index contributed by atoms with van der Waals surface area (Å²) in [6.07, 6.45) is -3.27. The number of alkyl halides is 3. The van der Waals surface area contributed by atoms with Gasteiger partial charge in [0.2, 0.25) is 5.88 Å². The highest BCUT2D eigenvalue weighted by molar-refractivity contribution is 7.07. The smallest absolute Gasteiger partial charge is 0.416 e. The fourth-order valence-corrected chi connectivity index (χ4v) is 3.03. The van der Waals surface area contributed by atoms with Gasteiger partial charge in [-0.15, -0.1) is 5.10 Å². The summed E-state index contributed by atoms with van der Waals surface area (Å²) in [5.41, 5.74) is -0.251. The van der Waals surface area contributed by atoms with Gasteiger partial charge in [0.1, 0.15) is 11.0 Å². The van der Waals surface area contributed by atoms with Crippen molar-refractivity contribution >= 4 is 17.4 Å². The topological polar surface area (TPSA) is 68.2 Å². The van der Waals surface area contributed by atoms with Crippen molar-refractivity contribution in [3.8, 4) is 5.88 Å². The molecule has 10 heteroatoms. The summed E-state index contributed by atoms with van der Waals surface area (Å²) < 4.78 is 47.3. The molecule has 1 atom stereocenters. The van der Waals surface area contributed by atoms with Crippen LogP contribution in [0.1, 0.15) is 27.3 Å². The summed E-state index contributed by atoms with van der Waals surface area (Å²) in [5, 5.41) is 3.80. The van der Waals surface area contributed by atoms with E-state index in [2.05, 4.69) is 14.6 Å². The number of hydrogen-bond donors (Lipinski definition) is 0. The largest absolute Gasteiger partial charge is 0.472 e. The number of aryl methyl sites for hydroxylation is 1. The summed E-state index contributed by atoms with van der Waals surface area (Å²) in [6, 6.07) is 1.75. The van der Waals surface area contributed by atoms with E-state index in [-0.39, 0.29) is 18.3 Å². The Bertz CT molecular complexity index is 750. The van der Waals surface area contributed by atoms with Crippen LogP contribution in [0.15, 0.2) is 18.3 Å². The van der Waals surface area contributed by atoms with E-state index >= 15 is 0 Å². The fourth-order valence-electron chi connectivity index (χ4n) is 2.40. The van der Waals surface area contributed by atoms with E-state index in [0.29, 0.717) is 23.5 Å². The molecule has 1 fully saturated rings. The monoisotopic (exact) mass is 358 g/mol. The number of likely N-dealkylation sites (tertiary alicyclic amines) is 1. The van der Waals surface area contributed by atoms with Crippen LogP contribution < -0.4 is 4.74 Å². The minimum absolute atomic E-state index is 0.0974. The van der Waals surface area contributed by atoms with Crippen LogP contribution in [0.3, 0.4) is 0 Å². The van der Waals surface area contributed by atoms with E-state index in [1.807, 2.05) is 0 Å². The average molecular weight is 358 g/mol. The van der Waals surface area contributed by atoms with E-state index in [1.165, 1.54) is 0 Å². The van der Waals surface area contributed by atoms with Gasteiger partial charge in [0.25, 0.3) is 5.91 Å². The van der Waals surface area contributed by atoms with Gasteiger partial charge < -0.3 is 9.64 Å². The maximum atomic E-state index is 12.7. The zero-order valence-electron chi connectivity index (χ0n) is 12.6. The molecule has 0 saturated carbocycles. The van der Waals surface area contributed by atoms with Gasteiger partial charge in [0, 0.05) is 25.2 Å². The molecule has 0 N–H and O–H groups in total. The Kier molecular flexibility index (Phi) is 4.39. The SMILES string of the molecule is Cc1nnsc1C(=O)N1CCC(Oc2cc(C(F)(F)F)ccn2)C1. The molecule has 2 aromatic heterocycles. The number of aromatic nitrogens is 3. The molecule has 0 aromatic carbocycles. The number of ether oxygens (including phenoxy) is 1. The molecule has 0 bridgehead atoms. The Morgan fingerprint density at radius 1 is 1.46 bits per heavy atom. The van der Waals surface area contributed by atoms with Crippen LogP contribution in [0.25, 0.3) is 0 Å². The summed E-state index contributed by atoms with van der Waals surface area (Å²) in [7, 11) is 0. The molecule has 1 aliphatic rings. The summed E-state index contributed by atoms with van der Waals surface area (Å²) in [5.74, 6) is -0.287. The molecule has 1 aliphatic heterocycles. The van der Waals surface area contributed by atoms with Crippen LogP contribution >= 0.6 is 11.5 Å². The van der Waals surface area contributed by atoms with Crippen LogP contribution in [0, 0.1) is 6.92 Å². The number of rotatable bonds is 3. The van der Waals surface area contributed by atoms with Crippen LogP contribution in [0.4, 0.5) is 13.2 Å². The molecule has 1 unspecified atom stereocenters. The molecular weight excluding hydrogens is 345 g/mol. The normalized spacial score (nSPS) is 18.0. The van der Waals surface area contributed by atoms with Gasteiger partial charge in [0.15, 0.2) is 0 Å². The lowest BCUT2D eigenvalue weighted by atomic mass is 10.2. The number of carbonyl (C=O) groups excluding carboxylic acids is 1. The molecule has 3 heterocycles. The van der Waals surface area contributed by atoms with Crippen LogP contribution in [-0.4, -0.2) is 44.6 Å². The Hall–Kier alpha value is -2.23. The van der Waals surface area contributed by atoms with Crippen molar-refractivity contribution < 1.29 is 22.7 Å². The minimum Gasteiger partial charge on any atom is -0.472 e. The summed E-state index contributed by atoms with van der Waals surface area (Å²) in [4.78, 5) is 18.2. The third-order valence-corrected chi connectivity index (χ3v) is 4.44. The number of hydrogen-bond acceptors (Lipinski definition) is 6. The Morgan fingerprint density at radius 2 is 2.25 bits per heavy atom. The second-order valence-corrected chi connectivity index (χ2v) is 6.10. The van der Waals surface area contributed by atoms with Crippen molar-refractivity contribution in [2.75, 3.05) is 13.1 Å². The van der Waals surface area contributed by atoms with E-state index in [4.69, 9.17) is 4.74 Å². The van der Waals surface area contributed by atoms with Crippen molar-refractivity contribution in [1.29, 1.82) is 0 Å². The third-order valence-electron chi connectivity index (χ3n) is 3.63. The number of amides is 1. The minimum atomic E-state index is -4.45. The first-order valence-corrected chi connectivity index (χ1v) is 7.90. The Labute approximate surface area is 139 Å². The van der Waals surface area contributed by atoms with Gasteiger partial charge in [0.05, 0.1) is 17.8 Å². The lowest BCUT2D eigenvalue weighted by Gasteiger charge is -2.16. The Balaban J connectivity index is 1.65. The highest BCUT2D eigenvalue weighted by atomic mass is 32.1. The predicted molar refractivity (Wildman–Crippen MR) is 78.8 cm³/mol. The number of nitrogens with zero attached hydrogens (tertiary/aromatic N) is 4. The molecule has 24 heavy (non-hydrogen) atoms. The lowest BCUT2D eigenvalue weighted by Crippen LogP contribution is -2.31. The second kappa shape index (κ2) is 6.34. The van der Waals surface area contributed by atoms with E-state index < -0.39 is 17.8 Å². The molecular formula is C14H13F3N4O2S. The Morgan fingerprint density at radius 3 is 2.92 bits per heavy atom. The molecule has 1 saturated heterocycles. The molecule has 6 nitrogen and oxygen atoms in total. The van der Waals surface area contributed by atoms with Crippen molar-refractivity contribution in [2.45, 2.75) is 25.6 Å². The summed E-state index contributed by atoms with van der Waals surface area (Å²) in [6.45, 7) is 2.45. The maximum absolute atomic E-state index is 12.7. The highest BCUT2D eigenvalue weighted by Crippen LogP contribution is 2.31. The van der Waals surface area contributed by atoms with Crippen molar-refractivity contribution in [3.05, 3.63) is 34.5 Å². The third kappa shape index (κ3) is 3.48. The maximum Gasteiger partial charge on any atom is 0.416 e. The zero-order valence-corrected chi connectivity index (χ0v) is 13.4. The molecule has 0 radical (unpaired) electrons. The first kappa shape index (κ1) is 16.6. The van der Waals surface area contributed by atoms with Gasteiger partial charge in [-0.2, -0.15) is 13.2 Å². The first-order valence-electron chi connectivity index (χ1n) is 7.12. The van der Waals surface area contributed by atoms with Gasteiger partial charge in [-0.1, -0.05) is 4.49 Å². The molecule has 2 aromatic rings. The molecule has 1 amide bonds. The number of carbonyl (C=O) groups is 1. The quantitative estimate of drug-likeness (QED) is 0.844. The van der Waals surface area contributed by atoms with Crippen molar-refractivity contribution in [2.24, 2.45) is 0 Å². The van der Waals surface area contributed by atoms with Crippen molar-refractivity contribution in [1.82, 2.24) is 19.5 Å². The predicted octanol–water partition coefficient (Wildman–Crippen LogP) is 2.55. The molecule has 0 spiro atoms. The molecule has 0 aliphatic carbocycles. The number of pyridine rings is 1. The first-order chi connectivity index (χ1) is 11.3. The van der Waals surface area contributed by atoms with Gasteiger partial charge in [-0.25, -0.2) is 4.98 Å². The standard InChI is InChI=1S/C14H13F3N4O2S/c1-8-12(24-20-19-8)13(22)21-5-3-10(7-21)23-11-6-9(2-4-18-11)14(15,16)17/h2,4,6,10H,3,5,7H2,1H3. The number of halogens is 3. The molecule has 128 valence electrons. The summed E-state index contributed by atoms with van der Waals surface area (Å²) >= 11 is 1.02. The van der Waals surface area contributed by atoms with Crippen LogP contribution in [0.2, 0.25) is 0 Å². The van der Waals surface area contributed by atoms with E-state index in [1.54, 1.807) is 11.8 Å². The van der Waals surface area contributed by atoms with E-state index in [0.717, 1.165) is 29.9 Å². The fraction of sp³-hybridized carbons (Fsp3) is 0.429. The van der Waals surface area contributed by atoms with Crippen molar-refractivity contribution in [3.63, 3.8) is 0 Å².